The molecule has 214 valence electrons. The van der Waals surface area contributed by atoms with Crippen LogP contribution in [0.1, 0.15) is 10.4 Å². The molecule has 0 unspecified atom stereocenters. The van der Waals surface area contributed by atoms with Crippen LogP contribution in [0.3, 0.4) is 0 Å². The number of hydrogen-bond donors (Lipinski definition) is 1. The summed E-state index contributed by atoms with van der Waals surface area (Å²) in [6.45, 7) is 2.83. The fourth-order valence-electron chi connectivity index (χ4n) is 4.61. The summed E-state index contributed by atoms with van der Waals surface area (Å²) >= 11 is 0. The fourth-order valence-corrected chi connectivity index (χ4v) is 4.61. The van der Waals surface area contributed by atoms with Crippen LogP contribution in [0.15, 0.2) is 66.9 Å². The molecule has 0 radical (unpaired) electrons. The number of morpholine rings is 1. The van der Waals surface area contributed by atoms with Crippen molar-refractivity contribution in [1.29, 1.82) is 0 Å². The molecule has 0 spiro atoms. The molecule has 1 fully saturated rings. The fraction of sp³-hybridized carbons (Fsp3) is 0.300. The highest BCUT2D eigenvalue weighted by molar-refractivity contribution is 6.10. The Bertz CT molecular complexity index is 1510. The first-order valence-electron chi connectivity index (χ1n) is 13.2. The van der Waals surface area contributed by atoms with Crippen LogP contribution >= 0.6 is 0 Å². The number of methoxy groups -OCH3 is 2. The van der Waals surface area contributed by atoms with Gasteiger partial charge in [-0.1, -0.05) is 24.3 Å². The van der Waals surface area contributed by atoms with E-state index in [0.29, 0.717) is 61.8 Å². The van der Waals surface area contributed by atoms with Gasteiger partial charge in [0.05, 0.1) is 19.8 Å². The van der Waals surface area contributed by atoms with Gasteiger partial charge in [0.2, 0.25) is 11.8 Å². The van der Waals surface area contributed by atoms with Crippen molar-refractivity contribution in [3.8, 4) is 11.6 Å². The van der Waals surface area contributed by atoms with Crippen molar-refractivity contribution >= 4 is 34.0 Å². The maximum atomic E-state index is 14.5. The van der Waals surface area contributed by atoms with E-state index in [0.717, 1.165) is 10.8 Å². The first-order chi connectivity index (χ1) is 19.9. The van der Waals surface area contributed by atoms with Gasteiger partial charge in [-0.15, -0.1) is 0 Å². The van der Waals surface area contributed by atoms with Gasteiger partial charge in [-0.3, -0.25) is 4.79 Å². The van der Waals surface area contributed by atoms with Gasteiger partial charge >= 0.3 is 0 Å². The zero-order chi connectivity index (χ0) is 28.8. The Morgan fingerprint density at radius 3 is 2.59 bits per heavy atom. The maximum absolute atomic E-state index is 14.5. The molecule has 0 saturated carbocycles. The number of halogens is 1. The van der Waals surface area contributed by atoms with Crippen LogP contribution in [0.2, 0.25) is 0 Å². The number of anilines is 3. The quantitative estimate of drug-likeness (QED) is 0.276. The van der Waals surface area contributed by atoms with E-state index in [1.165, 1.54) is 12.1 Å². The molecular weight excluding hydrogens is 529 g/mol. The van der Waals surface area contributed by atoms with Gasteiger partial charge in [-0.2, -0.15) is 4.98 Å². The molecule has 10 nitrogen and oxygen atoms in total. The summed E-state index contributed by atoms with van der Waals surface area (Å²) < 4.78 is 36.6. The minimum Gasteiger partial charge on any atom is -0.438 e. The average molecular weight is 562 g/mol. The molecule has 2 heterocycles. The number of carbonyl (C=O) groups excluding carboxylic acids is 1. The summed E-state index contributed by atoms with van der Waals surface area (Å²) in [5, 5.41) is 4.47. The molecular formula is C30H32FN5O5. The molecule has 4 aromatic rings. The van der Waals surface area contributed by atoms with Crippen molar-refractivity contribution in [2.75, 3.05) is 69.2 Å². The Morgan fingerprint density at radius 2 is 1.83 bits per heavy atom. The number of ether oxygens (including phenoxy) is 4. The van der Waals surface area contributed by atoms with E-state index >= 15 is 0 Å². The molecule has 3 aromatic carbocycles. The normalized spacial score (nSPS) is 13.4. The molecule has 1 N–H and O–H groups in total. The molecule has 1 saturated heterocycles. The number of likely N-dealkylation sites (N-methyl/N-ethyl adjacent to an activating group) is 1. The Kier molecular flexibility index (Phi) is 8.88. The van der Waals surface area contributed by atoms with Crippen LogP contribution in [0.5, 0.6) is 11.6 Å². The smallest absolute Gasteiger partial charge is 0.255 e. The maximum Gasteiger partial charge on any atom is 0.255 e. The monoisotopic (exact) mass is 561 g/mol. The predicted octanol–water partition coefficient (Wildman–Crippen LogP) is 4.71. The van der Waals surface area contributed by atoms with E-state index in [9.17, 15) is 9.18 Å². The minimum absolute atomic E-state index is 0.234. The average Bonchev–Trinajstić information content (AvgIpc) is 3.01. The van der Waals surface area contributed by atoms with E-state index in [4.69, 9.17) is 18.9 Å². The molecule has 0 bridgehead atoms. The molecule has 1 aliphatic rings. The number of hydrogen-bond acceptors (Lipinski definition) is 9. The van der Waals surface area contributed by atoms with Gasteiger partial charge in [-0.05, 0) is 30.3 Å². The minimum atomic E-state index is -0.470. The summed E-state index contributed by atoms with van der Waals surface area (Å²) in [5.74, 6) is 0.471. The number of aromatic nitrogens is 2. The highest BCUT2D eigenvalue weighted by Gasteiger charge is 2.18. The highest BCUT2D eigenvalue weighted by Crippen LogP contribution is 2.34. The molecule has 0 aliphatic carbocycles. The largest absolute Gasteiger partial charge is 0.438 e. The van der Waals surface area contributed by atoms with Gasteiger partial charge < -0.3 is 34.1 Å². The predicted molar refractivity (Wildman–Crippen MR) is 155 cm³/mol. The molecule has 1 aliphatic heterocycles. The summed E-state index contributed by atoms with van der Waals surface area (Å²) in [6.07, 6.45) is 1.18. The highest BCUT2D eigenvalue weighted by atomic mass is 19.1. The van der Waals surface area contributed by atoms with Crippen LogP contribution in [0, 0.1) is 5.82 Å². The molecule has 1 aromatic heterocycles. The zero-order valence-corrected chi connectivity index (χ0v) is 23.2. The van der Waals surface area contributed by atoms with E-state index in [2.05, 4.69) is 15.3 Å². The molecule has 11 heteroatoms. The Labute approximate surface area is 237 Å². The zero-order valence-electron chi connectivity index (χ0n) is 23.2. The van der Waals surface area contributed by atoms with Crippen molar-refractivity contribution < 1.29 is 28.1 Å². The van der Waals surface area contributed by atoms with Crippen LogP contribution in [-0.4, -0.2) is 76.3 Å². The first-order valence-corrected chi connectivity index (χ1v) is 13.2. The lowest BCUT2D eigenvalue weighted by Crippen LogP contribution is -2.36. The van der Waals surface area contributed by atoms with E-state index in [1.807, 2.05) is 36.2 Å². The summed E-state index contributed by atoms with van der Waals surface area (Å²) in [6, 6.07) is 17.1. The second-order valence-corrected chi connectivity index (χ2v) is 9.49. The van der Waals surface area contributed by atoms with Gasteiger partial charge in [0.1, 0.15) is 11.6 Å². The van der Waals surface area contributed by atoms with E-state index in [-0.39, 0.29) is 5.56 Å². The molecule has 0 atom stereocenters. The van der Waals surface area contributed by atoms with Gasteiger partial charge in [0.15, 0.2) is 6.29 Å². The first kappa shape index (κ1) is 28.2. The number of fused-ring (bicyclic) bond motifs is 1. The van der Waals surface area contributed by atoms with E-state index < -0.39 is 18.0 Å². The van der Waals surface area contributed by atoms with Crippen LogP contribution in [0.25, 0.3) is 10.8 Å². The number of benzene rings is 3. The number of nitrogens with one attached hydrogen (secondary N) is 1. The van der Waals surface area contributed by atoms with Crippen molar-refractivity contribution in [2.24, 2.45) is 0 Å². The second kappa shape index (κ2) is 12.9. The lowest BCUT2D eigenvalue weighted by atomic mass is 10.1. The number of rotatable bonds is 10. The Morgan fingerprint density at radius 1 is 1.07 bits per heavy atom. The molecule has 1 amide bonds. The third kappa shape index (κ3) is 6.71. The van der Waals surface area contributed by atoms with Crippen molar-refractivity contribution in [1.82, 2.24) is 9.97 Å². The molecule has 5 rings (SSSR count). The van der Waals surface area contributed by atoms with Crippen molar-refractivity contribution in [2.45, 2.75) is 6.29 Å². The van der Waals surface area contributed by atoms with Gasteiger partial charge in [0, 0.05) is 74.3 Å². The second-order valence-electron chi connectivity index (χ2n) is 9.49. The van der Waals surface area contributed by atoms with Gasteiger partial charge in [-0.25, -0.2) is 9.37 Å². The number of carbonyl (C=O) groups is 1. The van der Waals surface area contributed by atoms with Gasteiger partial charge in [0.25, 0.3) is 5.91 Å². The third-order valence-corrected chi connectivity index (χ3v) is 6.78. The third-order valence-electron chi connectivity index (χ3n) is 6.78. The lowest BCUT2D eigenvalue weighted by molar-refractivity contribution is -0.0945. The SMILES string of the molecule is COC(CN(C)c1nccc(Oc2ccc(NC(=O)c3cc(F)cc(N4CCOCC4)c3)c3ccccc23)n1)OC. The van der Waals surface area contributed by atoms with Crippen LogP contribution < -0.4 is 19.9 Å². The van der Waals surface area contributed by atoms with Crippen molar-refractivity contribution in [3.63, 3.8) is 0 Å². The standard InChI is InChI=1S/C30H32FN5O5/c1-35(19-28(38-2)39-3)30-32-11-10-27(34-30)41-26-9-8-25(23-6-4-5-7-24(23)26)33-29(37)20-16-21(31)18-22(17-20)36-12-14-40-15-13-36/h4-11,16-18,28H,12-15,19H2,1-3H3,(H,33,37). The molecule has 41 heavy (non-hydrogen) atoms. The summed E-state index contributed by atoms with van der Waals surface area (Å²) in [5.41, 5.74) is 1.46. The van der Waals surface area contributed by atoms with Crippen LogP contribution in [0.4, 0.5) is 21.7 Å². The number of nitrogens with zero attached hydrogens (tertiary/aromatic N) is 4. The Balaban J connectivity index is 1.37. The summed E-state index contributed by atoms with van der Waals surface area (Å²) in [4.78, 5) is 25.9. The summed E-state index contributed by atoms with van der Waals surface area (Å²) in [7, 11) is 4.97. The van der Waals surface area contributed by atoms with Crippen molar-refractivity contribution in [3.05, 3.63) is 78.2 Å². The lowest BCUT2D eigenvalue weighted by Gasteiger charge is -2.29. The van der Waals surface area contributed by atoms with Crippen LogP contribution in [-0.2, 0) is 14.2 Å². The topological polar surface area (TPSA) is 98.3 Å². The number of amides is 1. The van der Waals surface area contributed by atoms with E-state index in [1.54, 1.807) is 49.6 Å². The Hall–Kier alpha value is -4.32.